The topological polar surface area (TPSA) is 49.4 Å². The summed E-state index contributed by atoms with van der Waals surface area (Å²) in [5.74, 6) is 0.146. The van der Waals surface area contributed by atoms with Gasteiger partial charge in [-0.2, -0.15) is 0 Å². The Hall–Kier alpha value is -1.32. The summed E-state index contributed by atoms with van der Waals surface area (Å²) in [7, 11) is 0. The molecule has 0 aromatic rings. The van der Waals surface area contributed by atoms with Gasteiger partial charge in [0.1, 0.15) is 6.04 Å². The molecule has 1 fully saturated rings. The van der Waals surface area contributed by atoms with Gasteiger partial charge in [-0.15, -0.1) is 6.58 Å². The Morgan fingerprint density at radius 1 is 1.62 bits per heavy atom. The molecule has 0 bridgehead atoms. The number of nitrogens with zero attached hydrogens (tertiary/aromatic N) is 1. The van der Waals surface area contributed by atoms with Crippen molar-refractivity contribution in [2.24, 2.45) is 5.92 Å². The first-order chi connectivity index (χ1) is 7.60. The van der Waals surface area contributed by atoms with Crippen molar-refractivity contribution in [3.63, 3.8) is 0 Å². The van der Waals surface area contributed by atoms with Crippen molar-refractivity contribution >= 4 is 11.8 Å². The molecule has 1 saturated heterocycles. The third-order valence-corrected chi connectivity index (χ3v) is 3.07. The summed E-state index contributed by atoms with van der Waals surface area (Å²) in [6.45, 7) is 8.64. The molecule has 0 aromatic carbocycles. The molecular formula is C12H20N2O2. The van der Waals surface area contributed by atoms with Gasteiger partial charge in [-0.1, -0.05) is 26.3 Å². The van der Waals surface area contributed by atoms with E-state index in [0.717, 1.165) is 6.42 Å². The summed E-state index contributed by atoms with van der Waals surface area (Å²) in [4.78, 5) is 25.3. The van der Waals surface area contributed by atoms with Crippen molar-refractivity contribution in [3.05, 3.63) is 12.7 Å². The van der Waals surface area contributed by atoms with Gasteiger partial charge in [-0.3, -0.25) is 9.59 Å². The molecule has 0 aliphatic carbocycles. The lowest BCUT2D eigenvalue weighted by atomic mass is 9.98. The molecule has 4 heteroatoms. The second-order valence-electron chi connectivity index (χ2n) is 4.25. The largest absolute Gasteiger partial charge is 0.344 e. The minimum atomic E-state index is -0.375. The average molecular weight is 224 g/mol. The summed E-state index contributed by atoms with van der Waals surface area (Å²) < 4.78 is 0. The van der Waals surface area contributed by atoms with Crippen LogP contribution in [0, 0.1) is 5.92 Å². The molecule has 0 saturated carbocycles. The van der Waals surface area contributed by atoms with E-state index >= 15 is 0 Å². The zero-order chi connectivity index (χ0) is 12.1. The van der Waals surface area contributed by atoms with Crippen molar-refractivity contribution in [1.29, 1.82) is 0 Å². The minimum Gasteiger partial charge on any atom is -0.344 e. The van der Waals surface area contributed by atoms with Gasteiger partial charge in [0.2, 0.25) is 11.8 Å². The Labute approximate surface area is 96.7 Å². The van der Waals surface area contributed by atoms with Crippen LogP contribution in [0.15, 0.2) is 12.7 Å². The first-order valence-corrected chi connectivity index (χ1v) is 5.79. The number of hydrogen-bond acceptors (Lipinski definition) is 2. The number of carbonyl (C=O) groups is 2. The van der Waals surface area contributed by atoms with Crippen LogP contribution in [-0.2, 0) is 9.59 Å². The third-order valence-electron chi connectivity index (χ3n) is 3.07. The van der Waals surface area contributed by atoms with Crippen LogP contribution in [0.5, 0.6) is 0 Å². The lowest BCUT2D eigenvalue weighted by Gasteiger charge is -2.26. The summed E-state index contributed by atoms with van der Waals surface area (Å²) in [6, 6.07) is -0.375. The number of amides is 2. The van der Waals surface area contributed by atoms with E-state index in [1.165, 1.54) is 0 Å². The molecule has 4 nitrogen and oxygen atoms in total. The van der Waals surface area contributed by atoms with Crippen LogP contribution in [0.25, 0.3) is 0 Å². The maximum atomic E-state index is 12.1. The maximum absolute atomic E-state index is 12.1. The highest BCUT2D eigenvalue weighted by Crippen LogP contribution is 2.14. The Kier molecular flexibility index (Phi) is 4.52. The van der Waals surface area contributed by atoms with Crippen molar-refractivity contribution in [1.82, 2.24) is 10.2 Å². The van der Waals surface area contributed by atoms with Crippen LogP contribution in [0.3, 0.4) is 0 Å². The van der Waals surface area contributed by atoms with Crippen molar-refractivity contribution in [3.8, 4) is 0 Å². The van der Waals surface area contributed by atoms with Gasteiger partial charge in [0.05, 0.1) is 0 Å². The summed E-state index contributed by atoms with van der Waals surface area (Å²) >= 11 is 0. The molecule has 2 amide bonds. The predicted octanol–water partition coefficient (Wildman–Crippen LogP) is 0.936. The van der Waals surface area contributed by atoms with Crippen LogP contribution >= 0.6 is 0 Å². The number of nitrogens with one attached hydrogen (secondary N) is 1. The monoisotopic (exact) mass is 224 g/mol. The van der Waals surface area contributed by atoms with E-state index in [9.17, 15) is 9.59 Å². The van der Waals surface area contributed by atoms with E-state index in [4.69, 9.17) is 0 Å². The van der Waals surface area contributed by atoms with Crippen LogP contribution < -0.4 is 5.32 Å². The Morgan fingerprint density at radius 2 is 2.31 bits per heavy atom. The maximum Gasteiger partial charge on any atom is 0.245 e. The molecule has 1 N–H and O–H groups in total. The normalized spacial score (nSPS) is 23.6. The van der Waals surface area contributed by atoms with E-state index in [1.807, 2.05) is 13.8 Å². The minimum absolute atomic E-state index is 0.0140. The highest BCUT2D eigenvalue weighted by atomic mass is 16.2. The van der Waals surface area contributed by atoms with E-state index in [1.54, 1.807) is 11.0 Å². The van der Waals surface area contributed by atoms with Crippen LogP contribution in [-0.4, -0.2) is 35.8 Å². The molecule has 2 atom stereocenters. The lowest BCUT2D eigenvalue weighted by Crippen LogP contribution is -2.48. The average Bonchev–Trinajstić information content (AvgIpc) is 2.41. The standard InChI is InChI=1S/C12H20N2O2/c1-4-7-14-8-6-10(15)13-11(12(14)16)9(3)5-2/h4,9,11H,1,5-8H2,2-3H3,(H,13,15). The zero-order valence-electron chi connectivity index (χ0n) is 10.0. The fraction of sp³-hybridized carbons (Fsp3) is 0.667. The molecule has 1 aliphatic heterocycles. The molecule has 90 valence electrons. The van der Waals surface area contributed by atoms with Gasteiger partial charge in [-0.25, -0.2) is 0 Å². The lowest BCUT2D eigenvalue weighted by molar-refractivity contribution is -0.134. The zero-order valence-corrected chi connectivity index (χ0v) is 10.0. The molecule has 0 aromatic heterocycles. The number of rotatable bonds is 4. The third kappa shape index (κ3) is 2.84. The number of hydrogen-bond donors (Lipinski definition) is 1. The van der Waals surface area contributed by atoms with Gasteiger partial charge < -0.3 is 10.2 Å². The van der Waals surface area contributed by atoms with E-state index in [0.29, 0.717) is 19.5 Å². The van der Waals surface area contributed by atoms with Gasteiger partial charge >= 0.3 is 0 Å². The van der Waals surface area contributed by atoms with Crippen molar-refractivity contribution < 1.29 is 9.59 Å². The molecule has 2 unspecified atom stereocenters. The summed E-state index contributed by atoms with van der Waals surface area (Å²) in [6.07, 6.45) is 2.95. The highest BCUT2D eigenvalue weighted by Gasteiger charge is 2.32. The van der Waals surface area contributed by atoms with Gasteiger partial charge in [0.15, 0.2) is 0 Å². The predicted molar refractivity (Wildman–Crippen MR) is 62.8 cm³/mol. The summed E-state index contributed by atoms with van der Waals surface area (Å²) in [5.41, 5.74) is 0. The van der Waals surface area contributed by atoms with Crippen LogP contribution in [0.1, 0.15) is 26.7 Å². The highest BCUT2D eigenvalue weighted by molar-refractivity contribution is 5.90. The smallest absolute Gasteiger partial charge is 0.245 e. The Morgan fingerprint density at radius 3 is 2.88 bits per heavy atom. The first-order valence-electron chi connectivity index (χ1n) is 5.79. The Balaban J connectivity index is 2.83. The van der Waals surface area contributed by atoms with Gasteiger partial charge in [0, 0.05) is 19.5 Å². The van der Waals surface area contributed by atoms with Gasteiger partial charge in [-0.05, 0) is 5.92 Å². The quantitative estimate of drug-likeness (QED) is 0.722. The van der Waals surface area contributed by atoms with E-state index < -0.39 is 0 Å². The molecule has 16 heavy (non-hydrogen) atoms. The molecule has 0 spiro atoms. The molecule has 1 aliphatic rings. The van der Waals surface area contributed by atoms with Crippen LogP contribution in [0.4, 0.5) is 0 Å². The van der Waals surface area contributed by atoms with Crippen molar-refractivity contribution in [2.45, 2.75) is 32.7 Å². The van der Waals surface area contributed by atoms with Crippen LogP contribution in [0.2, 0.25) is 0 Å². The fourth-order valence-corrected chi connectivity index (χ4v) is 1.81. The second kappa shape index (κ2) is 5.68. The number of carbonyl (C=O) groups excluding carboxylic acids is 2. The molecule has 0 radical (unpaired) electrons. The molecular weight excluding hydrogens is 204 g/mol. The second-order valence-corrected chi connectivity index (χ2v) is 4.25. The SMILES string of the molecule is C=CCN1CCC(=O)NC(C(C)CC)C1=O. The first kappa shape index (κ1) is 12.7. The molecule has 1 heterocycles. The van der Waals surface area contributed by atoms with Gasteiger partial charge in [0.25, 0.3) is 0 Å². The molecule has 1 rings (SSSR count). The fourth-order valence-electron chi connectivity index (χ4n) is 1.81. The Bertz CT molecular complexity index is 289. The summed E-state index contributed by atoms with van der Waals surface area (Å²) in [5, 5.41) is 2.80. The van der Waals surface area contributed by atoms with E-state index in [-0.39, 0.29) is 23.8 Å². The van der Waals surface area contributed by atoms with Crippen molar-refractivity contribution in [2.75, 3.05) is 13.1 Å². The van der Waals surface area contributed by atoms with E-state index in [2.05, 4.69) is 11.9 Å².